The molecule has 136 valence electrons. The van der Waals surface area contributed by atoms with Gasteiger partial charge in [0.2, 0.25) is 5.91 Å². The van der Waals surface area contributed by atoms with Gasteiger partial charge in [-0.3, -0.25) is 14.7 Å². The van der Waals surface area contributed by atoms with E-state index in [0.717, 1.165) is 0 Å². The zero-order valence-electron chi connectivity index (χ0n) is 14.3. The van der Waals surface area contributed by atoms with E-state index in [2.05, 4.69) is 4.98 Å². The molecule has 0 spiro atoms. The van der Waals surface area contributed by atoms with E-state index in [0.29, 0.717) is 11.3 Å². The second-order valence-corrected chi connectivity index (χ2v) is 5.91. The predicted molar refractivity (Wildman–Crippen MR) is 90.5 cm³/mol. The van der Waals surface area contributed by atoms with Crippen LogP contribution in [0.3, 0.4) is 0 Å². The third-order valence-electron chi connectivity index (χ3n) is 4.25. The maximum atomic E-state index is 14.6. The molecule has 2 aromatic rings. The van der Waals surface area contributed by atoms with Gasteiger partial charge in [-0.05, 0) is 35.9 Å². The summed E-state index contributed by atoms with van der Waals surface area (Å²) in [6.07, 6.45) is 0.0337. The van der Waals surface area contributed by atoms with Gasteiger partial charge < -0.3 is 9.64 Å². The lowest BCUT2D eigenvalue weighted by atomic mass is 10.0. The highest BCUT2D eigenvalue weighted by Crippen LogP contribution is 2.29. The van der Waals surface area contributed by atoms with Gasteiger partial charge in [0.25, 0.3) is 0 Å². The van der Waals surface area contributed by atoms with Crippen LogP contribution in [0.2, 0.25) is 0 Å². The minimum absolute atomic E-state index is 0.106. The Morgan fingerprint density at radius 1 is 1.38 bits per heavy atom. The molecule has 1 fully saturated rings. The van der Waals surface area contributed by atoms with Gasteiger partial charge in [0.1, 0.15) is 12.5 Å². The van der Waals surface area contributed by atoms with Gasteiger partial charge in [-0.1, -0.05) is 0 Å². The minimum atomic E-state index is -0.738. The van der Waals surface area contributed by atoms with E-state index in [4.69, 9.17) is 4.74 Å². The van der Waals surface area contributed by atoms with Crippen molar-refractivity contribution in [3.8, 4) is 11.1 Å². The molecule has 8 heteroatoms. The largest absolute Gasteiger partial charge is 0.423 e. The first kappa shape index (κ1) is 17.8. The Balaban J connectivity index is 1.86. The molecule has 0 N–H and O–H groups in total. The number of alkyl halides is 1. The first-order valence-corrected chi connectivity index (χ1v) is 7.93. The number of halogens is 2. The van der Waals surface area contributed by atoms with Crippen LogP contribution in [0.1, 0.15) is 12.6 Å². The summed E-state index contributed by atoms with van der Waals surface area (Å²) in [5, 5.41) is 0. The summed E-state index contributed by atoms with van der Waals surface area (Å²) in [4.78, 5) is 29.9. The second kappa shape index (κ2) is 7.07. The first-order chi connectivity index (χ1) is 12.4. The van der Waals surface area contributed by atoms with Crippen LogP contribution in [0, 0.1) is 5.82 Å². The Morgan fingerprint density at radius 2 is 2.15 bits per heavy atom. The molecule has 2 heterocycles. The second-order valence-electron chi connectivity index (χ2n) is 5.91. The fourth-order valence-corrected chi connectivity index (χ4v) is 2.69. The number of anilines is 1. The Morgan fingerprint density at radius 3 is 2.81 bits per heavy atom. The van der Waals surface area contributed by atoms with E-state index < -0.39 is 24.8 Å². The molecule has 3 rings (SSSR count). The van der Waals surface area contributed by atoms with Crippen molar-refractivity contribution in [1.82, 2.24) is 9.88 Å². The van der Waals surface area contributed by atoms with E-state index in [1.54, 1.807) is 12.1 Å². The first-order valence-electron chi connectivity index (χ1n) is 7.93. The predicted octanol–water partition coefficient (Wildman–Crippen LogP) is 3.12. The number of likely N-dealkylation sites (N-methyl/N-ethyl adjacent to an activating group) is 1. The molecule has 0 aliphatic carbocycles. The Labute approximate surface area is 149 Å². The number of aromatic nitrogens is 1. The maximum Gasteiger partial charge on any atom is 0.416 e. The van der Waals surface area contributed by atoms with Gasteiger partial charge in [-0.2, -0.15) is 0 Å². The number of pyridine rings is 1. The average molecular weight is 361 g/mol. The fraction of sp³-hybridized carbons (Fsp3) is 0.278. The van der Waals surface area contributed by atoms with Crippen molar-refractivity contribution in [3.63, 3.8) is 0 Å². The summed E-state index contributed by atoms with van der Waals surface area (Å²) < 4.78 is 32.5. The van der Waals surface area contributed by atoms with Crippen LogP contribution >= 0.6 is 0 Å². The minimum Gasteiger partial charge on any atom is -0.423 e. The summed E-state index contributed by atoms with van der Waals surface area (Å²) in [5.41, 5.74) is 1.30. The monoisotopic (exact) mass is 361 g/mol. The highest BCUT2D eigenvalue weighted by atomic mass is 19.1. The van der Waals surface area contributed by atoms with Crippen molar-refractivity contribution in [2.24, 2.45) is 0 Å². The fourth-order valence-electron chi connectivity index (χ4n) is 2.69. The molecular formula is C18H17F2N3O3. The third-order valence-corrected chi connectivity index (χ3v) is 4.25. The van der Waals surface area contributed by atoms with Crippen LogP contribution in [-0.2, 0) is 16.2 Å². The van der Waals surface area contributed by atoms with E-state index in [1.165, 1.54) is 48.2 Å². The summed E-state index contributed by atoms with van der Waals surface area (Å²) in [6, 6.07) is 7.35. The SMILES string of the molecule is CC(=O)N(C)C1CN(c2ccc(-c3ccnc(CF)c3)c(F)c2)C(=O)O1. The van der Waals surface area contributed by atoms with Gasteiger partial charge in [-0.15, -0.1) is 0 Å². The zero-order chi connectivity index (χ0) is 18.8. The lowest BCUT2D eigenvalue weighted by molar-refractivity contribution is -0.134. The standard InChI is InChI=1S/C18H17F2N3O3/c1-11(24)22(2)17-10-23(18(25)26-17)14-3-4-15(16(20)8-14)12-5-6-21-13(7-12)9-19/h3-8,17H,9-10H2,1-2H3. The van der Waals surface area contributed by atoms with E-state index in [1.807, 2.05) is 0 Å². The molecule has 0 radical (unpaired) electrons. The Hall–Kier alpha value is -3.03. The lowest BCUT2D eigenvalue weighted by Gasteiger charge is -2.20. The Kier molecular flexibility index (Phi) is 4.83. The van der Waals surface area contributed by atoms with Crippen LogP contribution in [0.5, 0.6) is 0 Å². The molecule has 2 amide bonds. The van der Waals surface area contributed by atoms with Gasteiger partial charge in [0.15, 0.2) is 6.23 Å². The third kappa shape index (κ3) is 3.35. The number of benzene rings is 1. The quantitative estimate of drug-likeness (QED) is 0.839. The van der Waals surface area contributed by atoms with Gasteiger partial charge in [-0.25, -0.2) is 13.6 Å². The number of carbonyl (C=O) groups is 2. The van der Waals surface area contributed by atoms with Crippen LogP contribution < -0.4 is 4.90 Å². The number of nitrogens with zero attached hydrogens (tertiary/aromatic N) is 3. The molecule has 1 aliphatic rings. The highest BCUT2D eigenvalue weighted by Gasteiger charge is 2.36. The number of rotatable bonds is 4. The normalized spacial score (nSPS) is 16.5. The maximum absolute atomic E-state index is 14.6. The van der Waals surface area contributed by atoms with E-state index in [9.17, 15) is 18.4 Å². The van der Waals surface area contributed by atoms with Gasteiger partial charge in [0, 0.05) is 25.7 Å². The number of carbonyl (C=O) groups excluding carboxylic acids is 2. The summed E-state index contributed by atoms with van der Waals surface area (Å²) in [5.74, 6) is -0.804. The van der Waals surface area contributed by atoms with Gasteiger partial charge >= 0.3 is 6.09 Å². The molecule has 26 heavy (non-hydrogen) atoms. The van der Waals surface area contributed by atoms with Crippen molar-refractivity contribution >= 4 is 17.7 Å². The Bertz CT molecular complexity index is 859. The summed E-state index contributed by atoms with van der Waals surface area (Å²) in [7, 11) is 1.53. The van der Waals surface area contributed by atoms with Crippen molar-refractivity contribution < 1.29 is 23.1 Å². The average Bonchev–Trinajstić information content (AvgIpc) is 3.02. The number of amides is 2. The molecule has 1 aliphatic heterocycles. The lowest BCUT2D eigenvalue weighted by Crippen LogP contribution is -2.38. The van der Waals surface area contributed by atoms with Crippen molar-refractivity contribution in [2.75, 3.05) is 18.5 Å². The molecule has 1 aromatic carbocycles. The number of ether oxygens (including phenoxy) is 1. The topological polar surface area (TPSA) is 62.7 Å². The van der Waals surface area contributed by atoms with Crippen LogP contribution in [0.15, 0.2) is 36.5 Å². The van der Waals surface area contributed by atoms with Crippen LogP contribution in [0.25, 0.3) is 11.1 Å². The van der Waals surface area contributed by atoms with Crippen LogP contribution in [-0.4, -0.2) is 41.7 Å². The number of hydrogen-bond donors (Lipinski definition) is 0. The van der Waals surface area contributed by atoms with Crippen molar-refractivity contribution in [2.45, 2.75) is 19.8 Å². The molecule has 0 bridgehead atoms. The summed E-state index contributed by atoms with van der Waals surface area (Å²) >= 11 is 0. The van der Waals surface area contributed by atoms with Gasteiger partial charge in [0.05, 0.1) is 17.9 Å². The molecular weight excluding hydrogens is 344 g/mol. The molecule has 1 unspecified atom stereocenters. The molecule has 1 aromatic heterocycles. The molecule has 6 nitrogen and oxygen atoms in total. The van der Waals surface area contributed by atoms with E-state index in [-0.39, 0.29) is 23.7 Å². The molecule has 1 saturated heterocycles. The smallest absolute Gasteiger partial charge is 0.416 e. The summed E-state index contributed by atoms with van der Waals surface area (Å²) in [6.45, 7) is 0.735. The molecule has 1 atom stereocenters. The van der Waals surface area contributed by atoms with E-state index >= 15 is 0 Å². The number of hydrogen-bond acceptors (Lipinski definition) is 4. The highest BCUT2D eigenvalue weighted by molar-refractivity contribution is 5.90. The van der Waals surface area contributed by atoms with Crippen molar-refractivity contribution in [3.05, 3.63) is 48.0 Å². The molecule has 0 saturated carbocycles. The van der Waals surface area contributed by atoms with Crippen LogP contribution in [0.4, 0.5) is 19.3 Å². The number of cyclic esters (lactones) is 1. The van der Waals surface area contributed by atoms with Crippen molar-refractivity contribution in [1.29, 1.82) is 0 Å². The zero-order valence-corrected chi connectivity index (χ0v) is 14.3.